The van der Waals surface area contributed by atoms with Gasteiger partial charge in [-0.25, -0.2) is 0 Å². The summed E-state index contributed by atoms with van der Waals surface area (Å²) in [4.78, 5) is 16.0. The molecule has 3 nitrogen and oxygen atoms in total. The Balaban J connectivity index is 1.86. The van der Waals surface area contributed by atoms with Crippen molar-refractivity contribution in [3.05, 3.63) is 64.9 Å². The normalized spacial score (nSPS) is 11.9. The summed E-state index contributed by atoms with van der Waals surface area (Å²) in [7, 11) is 0. The first-order valence-electron chi connectivity index (χ1n) is 6.57. The molecule has 0 saturated carbocycles. The monoisotopic (exact) mass is 288 g/mol. The molecule has 1 aromatic carbocycles. The number of aromatic nitrogens is 1. The van der Waals surface area contributed by atoms with Crippen LogP contribution in [0.5, 0.6) is 0 Å². The van der Waals surface area contributed by atoms with Crippen molar-refractivity contribution in [1.82, 2.24) is 10.3 Å². The van der Waals surface area contributed by atoms with Gasteiger partial charge in [-0.15, -0.1) is 0 Å². The van der Waals surface area contributed by atoms with Crippen molar-refractivity contribution < 1.29 is 4.79 Å². The van der Waals surface area contributed by atoms with Crippen LogP contribution in [0.2, 0.25) is 5.02 Å². The molecular formula is C16H17ClN2O. The molecule has 0 aliphatic heterocycles. The minimum absolute atomic E-state index is 0.0151. The van der Waals surface area contributed by atoms with Gasteiger partial charge in [-0.05, 0) is 29.2 Å². The average Bonchev–Trinajstić information content (AvgIpc) is 2.47. The van der Waals surface area contributed by atoms with Crippen LogP contribution in [-0.4, -0.2) is 10.9 Å². The summed E-state index contributed by atoms with van der Waals surface area (Å²) in [5.41, 5.74) is 2.00. The van der Waals surface area contributed by atoms with E-state index >= 15 is 0 Å². The predicted molar refractivity (Wildman–Crippen MR) is 80.6 cm³/mol. The highest BCUT2D eigenvalue weighted by Gasteiger charge is 2.11. The second kappa shape index (κ2) is 7.06. The summed E-state index contributed by atoms with van der Waals surface area (Å²) < 4.78 is 0. The molecule has 2 rings (SSSR count). The van der Waals surface area contributed by atoms with Crippen LogP contribution in [-0.2, 0) is 11.3 Å². The summed E-state index contributed by atoms with van der Waals surface area (Å²) in [5.74, 6) is 0.163. The Morgan fingerprint density at radius 3 is 2.80 bits per heavy atom. The van der Waals surface area contributed by atoms with E-state index in [-0.39, 0.29) is 11.8 Å². The molecule has 1 amide bonds. The van der Waals surface area contributed by atoms with Gasteiger partial charge in [0.15, 0.2) is 0 Å². The smallest absolute Gasteiger partial charge is 0.220 e. The van der Waals surface area contributed by atoms with Crippen molar-refractivity contribution in [3.8, 4) is 0 Å². The first-order valence-corrected chi connectivity index (χ1v) is 6.94. The Kier molecular flexibility index (Phi) is 5.13. The molecule has 1 aromatic heterocycles. The molecule has 1 N–H and O–H groups in total. The third-order valence-electron chi connectivity index (χ3n) is 3.18. The van der Waals surface area contributed by atoms with Crippen molar-refractivity contribution in [2.45, 2.75) is 25.8 Å². The molecular weight excluding hydrogens is 272 g/mol. The second-order valence-electron chi connectivity index (χ2n) is 4.76. The lowest BCUT2D eigenvalue weighted by molar-refractivity contribution is -0.121. The summed E-state index contributed by atoms with van der Waals surface area (Å²) in [6, 6.07) is 11.4. The van der Waals surface area contributed by atoms with E-state index in [0.29, 0.717) is 18.0 Å². The molecule has 2 aromatic rings. The maximum atomic E-state index is 11.9. The van der Waals surface area contributed by atoms with Crippen LogP contribution in [0.3, 0.4) is 0 Å². The number of hydrogen-bond donors (Lipinski definition) is 1. The number of nitrogens with one attached hydrogen (secondary N) is 1. The fourth-order valence-electron chi connectivity index (χ4n) is 1.97. The molecule has 0 fully saturated rings. The van der Waals surface area contributed by atoms with Crippen LogP contribution in [0.25, 0.3) is 0 Å². The van der Waals surface area contributed by atoms with Gasteiger partial charge in [0, 0.05) is 30.4 Å². The number of carbonyl (C=O) groups is 1. The Hall–Kier alpha value is -1.87. The van der Waals surface area contributed by atoms with Gasteiger partial charge in [0.2, 0.25) is 5.91 Å². The highest BCUT2D eigenvalue weighted by molar-refractivity contribution is 6.31. The lowest BCUT2D eigenvalue weighted by Crippen LogP contribution is -2.24. The molecule has 1 unspecified atom stereocenters. The minimum Gasteiger partial charge on any atom is -0.352 e. The van der Waals surface area contributed by atoms with E-state index in [0.717, 1.165) is 11.1 Å². The molecule has 0 aliphatic carbocycles. The van der Waals surface area contributed by atoms with Gasteiger partial charge in [0.25, 0.3) is 0 Å². The Morgan fingerprint density at radius 1 is 1.30 bits per heavy atom. The SMILES string of the molecule is CC(CC(=O)NCc1ccccc1Cl)c1cccnc1. The summed E-state index contributed by atoms with van der Waals surface area (Å²) in [5, 5.41) is 3.57. The average molecular weight is 289 g/mol. The van der Waals surface area contributed by atoms with Crippen LogP contribution < -0.4 is 5.32 Å². The molecule has 0 bridgehead atoms. The van der Waals surface area contributed by atoms with Crippen molar-refractivity contribution in [1.29, 1.82) is 0 Å². The van der Waals surface area contributed by atoms with Crippen molar-refractivity contribution in [2.24, 2.45) is 0 Å². The van der Waals surface area contributed by atoms with E-state index in [9.17, 15) is 4.79 Å². The zero-order chi connectivity index (χ0) is 14.4. The van der Waals surface area contributed by atoms with Gasteiger partial charge in [-0.3, -0.25) is 9.78 Å². The minimum atomic E-state index is 0.0151. The van der Waals surface area contributed by atoms with Crippen LogP contribution in [0.1, 0.15) is 30.4 Å². The van der Waals surface area contributed by atoms with Crippen LogP contribution in [0.4, 0.5) is 0 Å². The lowest BCUT2D eigenvalue weighted by Gasteiger charge is -2.12. The number of benzene rings is 1. The summed E-state index contributed by atoms with van der Waals surface area (Å²) >= 11 is 6.05. The lowest BCUT2D eigenvalue weighted by atomic mass is 9.99. The van der Waals surface area contributed by atoms with E-state index < -0.39 is 0 Å². The Bertz CT molecular complexity index is 572. The molecule has 20 heavy (non-hydrogen) atoms. The molecule has 0 aliphatic rings. The van der Waals surface area contributed by atoms with Gasteiger partial charge in [0.05, 0.1) is 0 Å². The van der Waals surface area contributed by atoms with Gasteiger partial charge in [0.1, 0.15) is 0 Å². The third kappa shape index (κ3) is 4.07. The first-order chi connectivity index (χ1) is 9.66. The number of carbonyl (C=O) groups excluding carboxylic acids is 1. The maximum absolute atomic E-state index is 11.9. The molecule has 0 radical (unpaired) electrons. The Labute approximate surface area is 124 Å². The van der Waals surface area contributed by atoms with Gasteiger partial charge < -0.3 is 5.32 Å². The van der Waals surface area contributed by atoms with Crippen LogP contribution >= 0.6 is 11.6 Å². The number of halogens is 1. The third-order valence-corrected chi connectivity index (χ3v) is 3.55. The number of pyridine rings is 1. The number of nitrogens with zero attached hydrogens (tertiary/aromatic N) is 1. The predicted octanol–water partition coefficient (Wildman–Crippen LogP) is 3.55. The zero-order valence-electron chi connectivity index (χ0n) is 11.3. The molecule has 104 valence electrons. The number of rotatable bonds is 5. The molecule has 0 spiro atoms. The number of amides is 1. The molecule has 4 heteroatoms. The van der Waals surface area contributed by atoms with Crippen LogP contribution in [0.15, 0.2) is 48.8 Å². The van der Waals surface area contributed by atoms with Crippen molar-refractivity contribution in [2.75, 3.05) is 0 Å². The van der Waals surface area contributed by atoms with Crippen LogP contribution in [0, 0.1) is 0 Å². The first kappa shape index (κ1) is 14.5. The fourth-order valence-corrected chi connectivity index (χ4v) is 2.17. The van der Waals surface area contributed by atoms with E-state index in [1.165, 1.54) is 0 Å². The quantitative estimate of drug-likeness (QED) is 0.914. The molecule has 0 saturated heterocycles. The molecule has 1 heterocycles. The van der Waals surface area contributed by atoms with E-state index in [1.54, 1.807) is 12.4 Å². The topological polar surface area (TPSA) is 42.0 Å². The van der Waals surface area contributed by atoms with Crippen molar-refractivity contribution in [3.63, 3.8) is 0 Å². The largest absolute Gasteiger partial charge is 0.352 e. The van der Waals surface area contributed by atoms with E-state index in [1.807, 2.05) is 43.3 Å². The standard InChI is InChI=1S/C16H17ClN2O/c1-12(13-6-4-8-18-10-13)9-16(20)19-11-14-5-2-3-7-15(14)17/h2-8,10,12H,9,11H2,1H3,(H,19,20). The van der Waals surface area contributed by atoms with E-state index in [4.69, 9.17) is 11.6 Å². The van der Waals surface area contributed by atoms with Gasteiger partial charge in [-0.2, -0.15) is 0 Å². The highest BCUT2D eigenvalue weighted by Crippen LogP contribution is 2.18. The Morgan fingerprint density at radius 2 is 2.10 bits per heavy atom. The highest BCUT2D eigenvalue weighted by atomic mass is 35.5. The fraction of sp³-hybridized carbons (Fsp3) is 0.250. The van der Waals surface area contributed by atoms with Gasteiger partial charge in [-0.1, -0.05) is 42.8 Å². The number of hydrogen-bond acceptors (Lipinski definition) is 2. The zero-order valence-corrected chi connectivity index (χ0v) is 12.1. The molecule has 1 atom stereocenters. The van der Waals surface area contributed by atoms with Crippen molar-refractivity contribution >= 4 is 17.5 Å². The second-order valence-corrected chi connectivity index (χ2v) is 5.17. The van der Waals surface area contributed by atoms with Gasteiger partial charge >= 0.3 is 0 Å². The van der Waals surface area contributed by atoms with E-state index in [2.05, 4.69) is 10.3 Å². The summed E-state index contributed by atoms with van der Waals surface area (Å²) in [6.45, 7) is 2.48. The maximum Gasteiger partial charge on any atom is 0.220 e. The summed E-state index contributed by atoms with van der Waals surface area (Å²) in [6.07, 6.45) is 3.97.